The van der Waals surface area contributed by atoms with E-state index in [4.69, 9.17) is 5.73 Å². The van der Waals surface area contributed by atoms with Crippen LogP contribution in [0.1, 0.15) is 69.4 Å². The van der Waals surface area contributed by atoms with Crippen molar-refractivity contribution in [2.75, 3.05) is 39.3 Å². The molecule has 1 aliphatic carbocycles. The lowest BCUT2D eigenvalue weighted by molar-refractivity contribution is 0.163. The summed E-state index contributed by atoms with van der Waals surface area (Å²) >= 11 is 0. The van der Waals surface area contributed by atoms with Crippen LogP contribution in [0.3, 0.4) is 0 Å². The third kappa shape index (κ3) is 7.36. The minimum atomic E-state index is 0.302. The van der Waals surface area contributed by atoms with E-state index in [2.05, 4.69) is 92.2 Å². The Morgan fingerprint density at radius 2 is 1.53 bits per heavy atom. The number of aliphatic imine (C=N–C) groups is 1. The first kappa shape index (κ1) is 30.0. The molecule has 43 heavy (non-hydrogen) atoms. The van der Waals surface area contributed by atoms with Crippen molar-refractivity contribution >= 4 is 11.9 Å². The zero-order chi connectivity index (χ0) is 29.6. The lowest BCUT2D eigenvalue weighted by Gasteiger charge is -2.36. The van der Waals surface area contributed by atoms with Crippen LogP contribution < -0.4 is 5.73 Å². The normalized spacial score (nSPS) is 25.7. The maximum absolute atomic E-state index is 9.34. The van der Waals surface area contributed by atoms with Crippen molar-refractivity contribution in [3.63, 3.8) is 0 Å². The van der Waals surface area contributed by atoms with Gasteiger partial charge in [0, 0.05) is 38.3 Å². The summed E-state index contributed by atoms with van der Waals surface area (Å²) in [6, 6.07) is 23.1. The van der Waals surface area contributed by atoms with Gasteiger partial charge in [-0.3, -0.25) is 15.3 Å². The maximum atomic E-state index is 9.34. The fourth-order valence-corrected chi connectivity index (χ4v) is 8.22. The van der Waals surface area contributed by atoms with E-state index in [1.54, 1.807) is 0 Å². The van der Waals surface area contributed by atoms with E-state index in [1.807, 2.05) is 0 Å². The zero-order valence-electron chi connectivity index (χ0n) is 26.3. The molecule has 0 amide bonds. The smallest absolute Gasteiger partial charge is 0.194 e. The van der Waals surface area contributed by atoms with Gasteiger partial charge in [0.1, 0.15) is 0 Å². The van der Waals surface area contributed by atoms with Crippen LogP contribution in [0.2, 0.25) is 0 Å². The molecule has 2 aromatic rings. The number of nitrogens with one attached hydrogen (secondary N) is 1. The molecule has 2 aromatic carbocycles. The third-order valence-corrected chi connectivity index (χ3v) is 10.6. The molecule has 0 spiro atoms. The van der Waals surface area contributed by atoms with Crippen molar-refractivity contribution in [1.82, 2.24) is 19.6 Å². The molecule has 7 nitrogen and oxygen atoms in total. The fourth-order valence-electron chi connectivity index (χ4n) is 8.22. The van der Waals surface area contributed by atoms with Gasteiger partial charge in [0.05, 0.1) is 18.6 Å². The van der Waals surface area contributed by atoms with Crippen LogP contribution in [0.4, 0.5) is 0 Å². The number of nitrogens with zero attached hydrogens (tertiary/aromatic N) is 5. The summed E-state index contributed by atoms with van der Waals surface area (Å²) in [7, 11) is 0. The molecule has 3 fully saturated rings. The molecule has 6 rings (SSSR count). The number of likely N-dealkylation sites (tertiary alicyclic amines) is 1. The van der Waals surface area contributed by atoms with Crippen molar-refractivity contribution in [2.45, 2.75) is 95.3 Å². The van der Waals surface area contributed by atoms with Gasteiger partial charge in [-0.25, -0.2) is 0 Å². The van der Waals surface area contributed by atoms with Gasteiger partial charge >= 0.3 is 0 Å². The van der Waals surface area contributed by atoms with Crippen molar-refractivity contribution < 1.29 is 0 Å². The Hall–Kier alpha value is -3.06. The molecule has 2 saturated heterocycles. The van der Waals surface area contributed by atoms with Gasteiger partial charge < -0.3 is 20.4 Å². The minimum Gasteiger partial charge on any atom is -0.370 e. The van der Waals surface area contributed by atoms with Crippen LogP contribution in [-0.4, -0.2) is 95.0 Å². The van der Waals surface area contributed by atoms with Crippen LogP contribution in [-0.2, 0) is 12.8 Å². The summed E-state index contributed by atoms with van der Waals surface area (Å²) < 4.78 is 0. The van der Waals surface area contributed by atoms with Gasteiger partial charge in [0.2, 0.25) is 0 Å². The number of guanidine groups is 2. The molecule has 0 unspecified atom stereocenters. The molecular formula is C36H53N7. The van der Waals surface area contributed by atoms with Crippen molar-refractivity contribution in [3.05, 3.63) is 71.8 Å². The maximum Gasteiger partial charge on any atom is 0.194 e. The lowest BCUT2D eigenvalue weighted by Crippen LogP contribution is -2.51. The largest absolute Gasteiger partial charge is 0.370 e. The summed E-state index contributed by atoms with van der Waals surface area (Å²) in [5, 5.41) is 9.34. The second kappa shape index (κ2) is 14.1. The molecular weight excluding hydrogens is 530 g/mol. The van der Waals surface area contributed by atoms with Crippen molar-refractivity contribution in [3.8, 4) is 0 Å². The molecule has 3 heterocycles. The number of nitrogens with two attached hydrogens (primary N) is 1. The van der Waals surface area contributed by atoms with E-state index in [0.29, 0.717) is 30.1 Å². The van der Waals surface area contributed by atoms with Gasteiger partial charge in [-0.05, 0) is 69.0 Å². The molecule has 3 aliphatic heterocycles. The van der Waals surface area contributed by atoms with E-state index in [1.165, 1.54) is 62.5 Å². The average Bonchev–Trinajstić information content (AvgIpc) is 3.82. The van der Waals surface area contributed by atoms with Gasteiger partial charge in [0.25, 0.3) is 0 Å². The molecule has 3 N–H and O–H groups in total. The molecule has 4 atom stereocenters. The van der Waals surface area contributed by atoms with Crippen LogP contribution in [0, 0.1) is 11.3 Å². The van der Waals surface area contributed by atoms with Gasteiger partial charge in [0.15, 0.2) is 11.9 Å². The topological polar surface area (TPSA) is 75.2 Å². The van der Waals surface area contributed by atoms with Gasteiger partial charge in [-0.1, -0.05) is 86.3 Å². The van der Waals surface area contributed by atoms with Gasteiger partial charge in [-0.2, -0.15) is 0 Å². The Kier molecular flexibility index (Phi) is 9.87. The lowest BCUT2D eigenvalue weighted by atomic mass is 10.0. The second-order valence-electron chi connectivity index (χ2n) is 13.6. The third-order valence-electron chi connectivity index (χ3n) is 10.6. The Balaban J connectivity index is 1.08. The fraction of sp³-hybridized carbons (Fsp3) is 0.611. The van der Waals surface area contributed by atoms with E-state index in [-0.39, 0.29) is 0 Å². The Labute approximate surface area is 259 Å². The monoisotopic (exact) mass is 583 g/mol. The highest BCUT2D eigenvalue weighted by atomic mass is 15.5. The van der Waals surface area contributed by atoms with Crippen LogP contribution >= 0.6 is 0 Å². The van der Waals surface area contributed by atoms with E-state index in [0.717, 1.165) is 64.0 Å². The standard InChI is InChI=1S/C36H53N7/c1-28(25-40-20-11-19-32(40)26-43-33(24-39-35(43)37)22-30-14-4-2-5-15-30)42-27-34(23-31-16-6-3-7-17-31)41(36(42)38)21-10-18-29-12-8-9-13-29/h2-7,14-17,28-29,32-34,38H,8-13,18-27H2,1H3,(H2,37,39)/t28-,32-,33-,34+/m0/s1. The molecule has 7 heteroatoms. The minimum absolute atomic E-state index is 0.302. The predicted octanol–water partition coefficient (Wildman–Crippen LogP) is 5.21. The number of hydrogen-bond donors (Lipinski definition) is 2. The van der Waals surface area contributed by atoms with Gasteiger partial charge in [-0.15, -0.1) is 0 Å². The second-order valence-corrected chi connectivity index (χ2v) is 13.6. The summed E-state index contributed by atoms with van der Waals surface area (Å²) in [5.41, 5.74) is 9.19. The summed E-state index contributed by atoms with van der Waals surface area (Å²) in [6.45, 7) is 8.16. The SMILES string of the molecule is C[C@@H](CN1CCC[C@H]1CN1C(N)=NC[C@@H]1Cc1ccccc1)N1C[C@@H](Cc2ccccc2)N(CCCC2CCCC2)C1=N. The molecule has 1 saturated carbocycles. The molecule has 0 bridgehead atoms. The quantitative estimate of drug-likeness (QED) is 0.339. The Morgan fingerprint density at radius 1 is 0.860 bits per heavy atom. The molecule has 0 radical (unpaired) electrons. The summed E-state index contributed by atoms with van der Waals surface area (Å²) in [4.78, 5) is 14.6. The highest BCUT2D eigenvalue weighted by Gasteiger charge is 2.39. The summed E-state index contributed by atoms with van der Waals surface area (Å²) in [6.07, 6.45) is 12.6. The molecule has 232 valence electrons. The first-order valence-corrected chi connectivity index (χ1v) is 17.1. The molecule has 0 aromatic heterocycles. The molecule has 4 aliphatic rings. The zero-order valence-corrected chi connectivity index (χ0v) is 26.3. The average molecular weight is 584 g/mol. The first-order valence-electron chi connectivity index (χ1n) is 17.1. The van der Waals surface area contributed by atoms with E-state index in [9.17, 15) is 5.41 Å². The number of rotatable bonds is 13. The van der Waals surface area contributed by atoms with E-state index >= 15 is 0 Å². The number of hydrogen-bond acceptors (Lipinski definition) is 5. The highest BCUT2D eigenvalue weighted by Crippen LogP contribution is 2.30. The van der Waals surface area contributed by atoms with Crippen LogP contribution in [0.15, 0.2) is 65.7 Å². The highest BCUT2D eigenvalue weighted by molar-refractivity contribution is 5.80. The predicted molar refractivity (Wildman–Crippen MR) is 177 cm³/mol. The summed E-state index contributed by atoms with van der Waals surface area (Å²) in [5.74, 6) is 2.36. The first-order chi connectivity index (χ1) is 21.0. The Morgan fingerprint density at radius 3 is 2.23 bits per heavy atom. The number of benzene rings is 2. The van der Waals surface area contributed by atoms with E-state index < -0.39 is 0 Å². The van der Waals surface area contributed by atoms with Crippen molar-refractivity contribution in [2.24, 2.45) is 16.6 Å². The Bertz CT molecular complexity index is 1190. The van der Waals surface area contributed by atoms with Crippen LogP contribution in [0.5, 0.6) is 0 Å². The van der Waals surface area contributed by atoms with Crippen molar-refractivity contribution in [1.29, 1.82) is 5.41 Å². The van der Waals surface area contributed by atoms with Crippen LogP contribution in [0.25, 0.3) is 0 Å².